The largest absolute Gasteiger partial charge is 0.416 e. The predicted molar refractivity (Wildman–Crippen MR) is 69.2 cm³/mol. The lowest BCUT2D eigenvalue weighted by atomic mass is 9.97. The number of hydrogen-bond donors (Lipinski definition) is 1. The summed E-state index contributed by atoms with van der Waals surface area (Å²) >= 11 is 0. The highest BCUT2D eigenvalue weighted by Gasteiger charge is 2.31. The minimum Gasteiger partial charge on any atom is -0.310 e. The molecule has 0 spiro atoms. The molecule has 1 aromatic heterocycles. The number of carbonyl (C=O) groups is 1. The molecule has 1 amide bonds. The van der Waals surface area contributed by atoms with Crippen molar-refractivity contribution in [2.24, 2.45) is 5.92 Å². The molecule has 2 heterocycles. The van der Waals surface area contributed by atoms with Crippen LogP contribution in [-0.2, 0) is 15.8 Å². The number of halogens is 3. The van der Waals surface area contributed by atoms with E-state index in [1.807, 2.05) is 0 Å². The third-order valence-corrected chi connectivity index (χ3v) is 3.42. The van der Waals surface area contributed by atoms with Gasteiger partial charge >= 0.3 is 6.18 Å². The van der Waals surface area contributed by atoms with Crippen LogP contribution in [0.5, 0.6) is 0 Å². The van der Waals surface area contributed by atoms with E-state index in [-0.39, 0.29) is 17.6 Å². The Labute approximate surface area is 120 Å². The maximum Gasteiger partial charge on any atom is 0.416 e. The summed E-state index contributed by atoms with van der Waals surface area (Å²) in [6, 6.07) is 1.70. The van der Waals surface area contributed by atoms with E-state index >= 15 is 0 Å². The predicted octanol–water partition coefficient (Wildman–Crippen LogP) is 2.31. The number of rotatable bonds is 3. The van der Waals surface area contributed by atoms with Crippen molar-refractivity contribution in [1.82, 2.24) is 10.0 Å². The van der Waals surface area contributed by atoms with Crippen molar-refractivity contribution >= 4 is 11.7 Å². The molecule has 2 rings (SSSR count). The lowest BCUT2D eigenvalue weighted by Gasteiger charge is -2.29. The Balaban J connectivity index is 1.97. The molecule has 1 aliphatic heterocycles. The summed E-state index contributed by atoms with van der Waals surface area (Å²) in [5.41, 5.74) is -0.831. The van der Waals surface area contributed by atoms with Gasteiger partial charge in [-0.05, 0) is 25.0 Å². The highest BCUT2D eigenvalue weighted by atomic mass is 19.4. The van der Waals surface area contributed by atoms with Crippen LogP contribution in [0.3, 0.4) is 0 Å². The normalized spacial score (nSPS) is 17.7. The van der Waals surface area contributed by atoms with Crippen LogP contribution in [0.25, 0.3) is 0 Å². The number of hydrogen-bond acceptors (Lipinski definition) is 4. The molecule has 0 unspecified atom stereocenters. The summed E-state index contributed by atoms with van der Waals surface area (Å²) in [5, 5.41) is 4.19. The van der Waals surface area contributed by atoms with Crippen LogP contribution in [0.4, 0.5) is 19.0 Å². The van der Waals surface area contributed by atoms with Crippen LogP contribution in [0.2, 0.25) is 0 Å². The Bertz CT molecular complexity index is 500. The highest BCUT2D eigenvalue weighted by Crippen LogP contribution is 2.30. The quantitative estimate of drug-likeness (QED) is 0.931. The van der Waals surface area contributed by atoms with Crippen LogP contribution in [0.1, 0.15) is 18.4 Å². The molecule has 0 saturated carbocycles. The third-order valence-electron chi connectivity index (χ3n) is 3.42. The Kier molecular flexibility index (Phi) is 4.79. The topological polar surface area (TPSA) is 54.5 Å². The van der Waals surface area contributed by atoms with Crippen LogP contribution < -0.4 is 5.32 Å². The van der Waals surface area contributed by atoms with Gasteiger partial charge in [0.05, 0.1) is 12.7 Å². The van der Waals surface area contributed by atoms with Gasteiger partial charge in [0, 0.05) is 25.2 Å². The number of nitrogens with zero attached hydrogens (tertiary/aromatic N) is 2. The fourth-order valence-electron chi connectivity index (χ4n) is 2.20. The molecule has 1 N–H and O–H groups in total. The van der Waals surface area contributed by atoms with Gasteiger partial charge in [0.15, 0.2) is 0 Å². The van der Waals surface area contributed by atoms with Crippen molar-refractivity contribution < 1.29 is 22.8 Å². The number of pyridine rings is 1. The van der Waals surface area contributed by atoms with Gasteiger partial charge in [-0.1, -0.05) is 0 Å². The molecule has 0 atom stereocenters. The first kappa shape index (κ1) is 15.7. The van der Waals surface area contributed by atoms with Crippen molar-refractivity contribution in [3.63, 3.8) is 0 Å². The van der Waals surface area contributed by atoms with Crippen molar-refractivity contribution in [2.45, 2.75) is 19.0 Å². The molecule has 21 heavy (non-hydrogen) atoms. The van der Waals surface area contributed by atoms with Crippen LogP contribution in [0.15, 0.2) is 18.3 Å². The van der Waals surface area contributed by atoms with Crippen LogP contribution >= 0.6 is 0 Å². The zero-order chi connectivity index (χ0) is 15.5. The van der Waals surface area contributed by atoms with Gasteiger partial charge in [0.1, 0.15) is 5.82 Å². The minimum absolute atomic E-state index is 0.0796. The van der Waals surface area contributed by atoms with Gasteiger partial charge in [-0.3, -0.25) is 4.79 Å². The van der Waals surface area contributed by atoms with E-state index < -0.39 is 11.7 Å². The molecule has 8 heteroatoms. The molecule has 0 bridgehead atoms. The first-order valence-electron chi connectivity index (χ1n) is 6.53. The Morgan fingerprint density at radius 3 is 2.67 bits per heavy atom. The number of hydroxylamine groups is 2. The number of alkyl halides is 3. The first-order chi connectivity index (χ1) is 9.90. The number of nitrogens with one attached hydrogen (secondary N) is 1. The van der Waals surface area contributed by atoms with Gasteiger partial charge < -0.3 is 10.2 Å². The summed E-state index contributed by atoms with van der Waals surface area (Å²) in [5.74, 6) is -0.630. The molecule has 1 aromatic rings. The lowest BCUT2D eigenvalue weighted by molar-refractivity contribution is -0.152. The third kappa shape index (κ3) is 4.15. The van der Waals surface area contributed by atoms with Crippen molar-refractivity contribution in [1.29, 1.82) is 0 Å². The van der Waals surface area contributed by atoms with E-state index in [0.29, 0.717) is 25.9 Å². The molecule has 0 aliphatic carbocycles. The number of piperidine rings is 1. The van der Waals surface area contributed by atoms with Gasteiger partial charge in [-0.15, -0.1) is 0 Å². The molecule has 116 valence electrons. The van der Waals surface area contributed by atoms with E-state index in [0.717, 1.165) is 18.3 Å². The standard InChI is InChI=1S/C13H16F3N3O2/c1-21-19-6-3-9(4-7-19)12(20)18-11-8-10(2-5-17-11)13(14,15)16/h2,5,8-9H,3-4,6-7H2,1H3,(H,17,18,20). The van der Waals surface area contributed by atoms with E-state index in [9.17, 15) is 18.0 Å². The van der Waals surface area contributed by atoms with Gasteiger partial charge in [0.2, 0.25) is 5.91 Å². The highest BCUT2D eigenvalue weighted by molar-refractivity contribution is 5.91. The molecule has 1 saturated heterocycles. The summed E-state index contributed by atoms with van der Waals surface area (Å²) < 4.78 is 37.7. The SMILES string of the molecule is CON1CCC(C(=O)Nc2cc(C(F)(F)F)ccn2)CC1. The molecule has 1 fully saturated rings. The second-order valence-electron chi connectivity index (χ2n) is 4.80. The summed E-state index contributed by atoms with van der Waals surface area (Å²) in [7, 11) is 1.56. The average Bonchev–Trinajstić information content (AvgIpc) is 2.47. The number of amides is 1. The fraction of sp³-hybridized carbons (Fsp3) is 0.538. The summed E-state index contributed by atoms with van der Waals surface area (Å²) in [4.78, 5) is 20.8. The lowest BCUT2D eigenvalue weighted by Crippen LogP contribution is -2.37. The number of aromatic nitrogens is 1. The number of carbonyl (C=O) groups excluding carboxylic acids is 1. The molecular formula is C13H16F3N3O2. The van der Waals surface area contributed by atoms with Gasteiger partial charge in [-0.2, -0.15) is 18.2 Å². The second kappa shape index (κ2) is 6.40. The smallest absolute Gasteiger partial charge is 0.310 e. The van der Waals surface area contributed by atoms with E-state index in [2.05, 4.69) is 10.3 Å². The van der Waals surface area contributed by atoms with Crippen LogP contribution in [-0.4, -0.2) is 36.2 Å². The molecular weight excluding hydrogens is 287 g/mol. The van der Waals surface area contributed by atoms with E-state index in [1.165, 1.54) is 0 Å². The van der Waals surface area contributed by atoms with E-state index in [1.54, 1.807) is 12.2 Å². The maximum absolute atomic E-state index is 12.6. The Morgan fingerprint density at radius 2 is 2.10 bits per heavy atom. The first-order valence-corrected chi connectivity index (χ1v) is 6.53. The van der Waals surface area contributed by atoms with Gasteiger partial charge in [-0.25, -0.2) is 4.98 Å². The second-order valence-corrected chi connectivity index (χ2v) is 4.80. The minimum atomic E-state index is -4.45. The zero-order valence-corrected chi connectivity index (χ0v) is 11.5. The Morgan fingerprint density at radius 1 is 1.43 bits per heavy atom. The van der Waals surface area contributed by atoms with Crippen molar-refractivity contribution in [3.05, 3.63) is 23.9 Å². The van der Waals surface area contributed by atoms with Crippen molar-refractivity contribution in [2.75, 3.05) is 25.5 Å². The molecule has 0 radical (unpaired) electrons. The molecule has 0 aromatic carbocycles. The van der Waals surface area contributed by atoms with Gasteiger partial charge in [0.25, 0.3) is 0 Å². The van der Waals surface area contributed by atoms with Crippen molar-refractivity contribution in [3.8, 4) is 0 Å². The Hall–Kier alpha value is -1.67. The average molecular weight is 303 g/mol. The number of anilines is 1. The van der Waals surface area contributed by atoms with E-state index in [4.69, 9.17) is 4.84 Å². The molecule has 1 aliphatic rings. The maximum atomic E-state index is 12.6. The molecule has 5 nitrogen and oxygen atoms in total. The fourth-order valence-corrected chi connectivity index (χ4v) is 2.20. The summed E-state index contributed by atoms with van der Waals surface area (Å²) in [6.07, 6.45) is -2.23. The monoisotopic (exact) mass is 303 g/mol. The van der Waals surface area contributed by atoms with Crippen LogP contribution in [0, 0.1) is 5.92 Å². The zero-order valence-electron chi connectivity index (χ0n) is 11.5. The summed E-state index contributed by atoms with van der Waals surface area (Å²) in [6.45, 7) is 1.23.